The molecule has 0 bridgehead atoms. The van der Waals surface area contributed by atoms with Gasteiger partial charge in [0, 0.05) is 35.4 Å². The van der Waals surface area contributed by atoms with Crippen molar-refractivity contribution in [3.8, 4) is 0 Å². The second-order valence-electron chi connectivity index (χ2n) is 6.05. The van der Waals surface area contributed by atoms with Crippen LogP contribution in [0.2, 0.25) is 0 Å². The van der Waals surface area contributed by atoms with Crippen molar-refractivity contribution in [3.63, 3.8) is 0 Å². The van der Waals surface area contributed by atoms with Gasteiger partial charge in [0.15, 0.2) is 5.78 Å². The summed E-state index contributed by atoms with van der Waals surface area (Å²) in [7, 11) is 0. The summed E-state index contributed by atoms with van der Waals surface area (Å²) >= 11 is 0. The third-order valence-electron chi connectivity index (χ3n) is 4.40. The van der Waals surface area contributed by atoms with E-state index in [-0.39, 0.29) is 22.5 Å². The molecule has 0 aromatic heterocycles. The predicted molar refractivity (Wildman–Crippen MR) is 99.6 cm³/mol. The van der Waals surface area contributed by atoms with Crippen molar-refractivity contribution in [2.24, 2.45) is 0 Å². The summed E-state index contributed by atoms with van der Waals surface area (Å²) in [6.07, 6.45) is 4.52. The maximum atomic E-state index is 13.3. The average Bonchev–Trinajstić information content (AvgIpc) is 3.22. The molecule has 2 aliphatic heterocycles. The van der Waals surface area contributed by atoms with E-state index in [1.807, 2.05) is 0 Å². The summed E-state index contributed by atoms with van der Waals surface area (Å²) in [5, 5.41) is 0. The number of hydrogen-bond acceptors (Lipinski definition) is 5. The van der Waals surface area contributed by atoms with Crippen LogP contribution in [0.4, 0.5) is 11.4 Å². The van der Waals surface area contributed by atoms with Crippen molar-refractivity contribution in [1.82, 2.24) is 0 Å². The summed E-state index contributed by atoms with van der Waals surface area (Å²) < 4.78 is 0. The summed E-state index contributed by atoms with van der Waals surface area (Å²) in [6.45, 7) is 0. The third-order valence-corrected chi connectivity index (χ3v) is 4.40. The quantitative estimate of drug-likeness (QED) is 0.603. The van der Waals surface area contributed by atoms with Gasteiger partial charge in [0.05, 0.1) is 11.4 Å². The minimum Gasteiger partial charge on any atom is -0.288 e. The first-order valence-electron chi connectivity index (χ1n) is 8.34. The zero-order valence-electron chi connectivity index (χ0n) is 14.4. The standard InChI is InChI=1S/C21H12N2O5/c24-17-9-10-18(25)22(17)15-7-3-1-5-13(15)21(28)14-6-2-4-8-16(14)23-19(26)11-12-20(23)27/h1-12H. The second kappa shape index (κ2) is 6.55. The van der Waals surface area contributed by atoms with Gasteiger partial charge >= 0.3 is 0 Å². The highest BCUT2D eigenvalue weighted by Crippen LogP contribution is 2.30. The fourth-order valence-corrected chi connectivity index (χ4v) is 3.14. The first-order valence-corrected chi connectivity index (χ1v) is 8.34. The molecule has 2 heterocycles. The topological polar surface area (TPSA) is 91.8 Å². The number of carbonyl (C=O) groups is 5. The minimum absolute atomic E-state index is 0.104. The Morgan fingerprint density at radius 1 is 0.536 bits per heavy atom. The third kappa shape index (κ3) is 2.66. The van der Waals surface area contributed by atoms with Gasteiger partial charge in [-0.25, -0.2) is 9.80 Å². The van der Waals surface area contributed by atoms with Crippen molar-refractivity contribution in [1.29, 1.82) is 0 Å². The molecule has 0 unspecified atom stereocenters. The van der Waals surface area contributed by atoms with Crippen molar-refractivity contribution in [2.45, 2.75) is 0 Å². The molecule has 0 radical (unpaired) electrons. The van der Waals surface area contributed by atoms with Crippen LogP contribution in [0.3, 0.4) is 0 Å². The Labute approximate surface area is 159 Å². The van der Waals surface area contributed by atoms with E-state index in [0.29, 0.717) is 0 Å². The molecule has 4 rings (SSSR count). The Morgan fingerprint density at radius 2 is 0.857 bits per heavy atom. The molecule has 0 saturated carbocycles. The number of para-hydroxylation sites is 2. The van der Waals surface area contributed by atoms with Crippen molar-refractivity contribution in [3.05, 3.63) is 84.0 Å². The van der Waals surface area contributed by atoms with Crippen LogP contribution in [-0.2, 0) is 19.2 Å². The molecule has 0 N–H and O–H groups in total. The molecular weight excluding hydrogens is 360 g/mol. The highest BCUT2D eigenvalue weighted by Gasteiger charge is 2.32. The van der Waals surface area contributed by atoms with Crippen LogP contribution in [0.1, 0.15) is 15.9 Å². The average molecular weight is 372 g/mol. The Kier molecular flexibility index (Phi) is 4.04. The maximum Gasteiger partial charge on any atom is 0.258 e. The second-order valence-corrected chi connectivity index (χ2v) is 6.05. The Morgan fingerprint density at radius 3 is 1.21 bits per heavy atom. The van der Waals surface area contributed by atoms with Gasteiger partial charge in [-0.05, 0) is 24.3 Å². The lowest BCUT2D eigenvalue weighted by Gasteiger charge is -2.20. The summed E-state index contributed by atoms with van der Waals surface area (Å²) in [6, 6.07) is 12.4. The largest absolute Gasteiger partial charge is 0.288 e. The molecule has 0 aliphatic carbocycles. The van der Waals surface area contributed by atoms with Crippen molar-refractivity contribution < 1.29 is 24.0 Å². The fourth-order valence-electron chi connectivity index (χ4n) is 3.14. The molecule has 7 nitrogen and oxygen atoms in total. The molecule has 136 valence electrons. The van der Waals surface area contributed by atoms with Gasteiger partial charge in [-0.1, -0.05) is 24.3 Å². The molecule has 28 heavy (non-hydrogen) atoms. The number of carbonyl (C=O) groups excluding carboxylic acids is 5. The monoisotopic (exact) mass is 372 g/mol. The predicted octanol–water partition coefficient (Wildman–Crippen LogP) is 1.78. The fraction of sp³-hybridized carbons (Fsp3) is 0. The van der Waals surface area contributed by atoms with Gasteiger partial charge in [0.25, 0.3) is 23.6 Å². The molecule has 7 heteroatoms. The van der Waals surface area contributed by atoms with Crippen LogP contribution in [0.5, 0.6) is 0 Å². The number of amides is 4. The van der Waals surface area contributed by atoms with Gasteiger partial charge in [0.2, 0.25) is 0 Å². The number of ketones is 1. The molecular formula is C21H12N2O5. The molecule has 2 aliphatic rings. The zero-order valence-corrected chi connectivity index (χ0v) is 14.4. The number of anilines is 2. The van der Waals surface area contributed by atoms with Crippen LogP contribution < -0.4 is 9.80 Å². The molecule has 2 aromatic carbocycles. The highest BCUT2D eigenvalue weighted by atomic mass is 16.2. The molecule has 0 spiro atoms. The van der Waals surface area contributed by atoms with E-state index in [4.69, 9.17) is 0 Å². The summed E-state index contributed by atoms with van der Waals surface area (Å²) in [5.74, 6) is -2.72. The summed E-state index contributed by atoms with van der Waals surface area (Å²) in [4.78, 5) is 63.3. The Hall–Kier alpha value is -4.13. The number of imide groups is 2. The van der Waals surface area contributed by atoms with E-state index < -0.39 is 29.4 Å². The van der Waals surface area contributed by atoms with E-state index >= 15 is 0 Å². The zero-order chi connectivity index (χ0) is 19.8. The summed E-state index contributed by atoms with van der Waals surface area (Å²) in [5.41, 5.74) is 0.485. The van der Waals surface area contributed by atoms with Crippen LogP contribution in [0, 0.1) is 0 Å². The lowest BCUT2D eigenvalue weighted by atomic mass is 9.99. The molecule has 2 aromatic rings. The van der Waals surface area contributed by atoms with E-state index in [2.05, 4.69) is 0 Å². The molecule has 0 fully saturated rings. The lowest BCUT2D eigenvalue weighted by molar-refractivity contribution is -0.121. The smallest absolute Gasteiger partial charge is 0.258 e. The first-order chi connectivity index (χ1) is 13.5. The number of hydrogen-bond donors (Lipinski definition) is 0. The van der Waals surface area contributed by atoms with E-state index in [1.165, 1.54) is 24.3 Å². The van der Waals surface area contributed by atoms with Crippen molar-refractivity contribution >= 4 is 40.8 Å². The lowest BCUT2D eigenvalue weighted by Crippen LogP contribution is -2.32. The van der Waals surface area contributed by atoms with E-state index in [1.54, 1.807) is 24.3 Å². The highest BCUT2D eigenvalue weighted by molar-refractivity contribution is 6.32. The van der Waals surface area contributed by atoms with Gasteiger partial charge in [-0.15, -0.1) is 0 Å². The number of benzene rings is 2. The maximum absolute atomic E-state index is 13.3. The molecule has 0 atom stereocenters. The van der Waals surface area contributed by atoms with Gasteiger partial charge in [0.1, 0.15) is 0 Å². The van der Waals surface area contributed by atoms with Gasteiger partial charge in [-0.2, -0.15) is 0 Å². The van der Waals surface area contributed by atoms with Gasteiger partial charge in [-0.3, -0.25) is 24.0 Å². The van der Waals surface area contributed by atoms with Crippen LogP contribution in [0.25, 0.3) is 0 Å². The van der Waals surface area contributed by atoms with Crippen LogP contribution >= 0.6 is 0 Å². The molecule has 0 saturated heterocycles. The van der Waals surface area contributed by atoms with E-state index in [9.17, 15) is 24.0 Å². The van der Waals surface area contributed by atoms with Crippen molar-refractivity contribution in [2.75, 3.05) is 9.80 Å². The SMILES string of the molecule is O=C(c1ccccc1N1C(=O)C=CC1=O)c1ccccc1N1C(=O)C=CC1=O. The minimum atomic E-state index is -0.548. The van der Waals surface area contributed by atoms with Crippen LogP contribution in [-0.4, -0.2) is 29.4 Å². The van der Waals surface area contributed by atoms with Gasteiger partial charge < -0.3 is 0 Å². The van der Waals surface area contributed by atoms with Crippen LogP contribution in [0.15, 0.2) is 72.8 Å². The Bertz CT molecular complexity index is 1010. The normalized spacial score (nSPS) is 15.9. The Balaban J connectivity index is 1.81. The number of rotatable bonds is 4. The first kappa shape index (κ1) is 17.3. The van der Waals surface area contributed by atoms with E-state index in [0.717, 1.165) is 34.1 Å². The number of nitrogens with zero attached hydrogens (tertiary/aromatic N) is 2. The molecule has 4 amide bonds.